The van der Waals surface area contributed by atoms with Crippen LogP contribution in [0.2, 0.25) is 5.02 Å². The lowest BCUT2D eigenvalue weighted by Gasteiger charge is -2.20. The van der Waals surface area contributed by atoms with Crippen LogP contribution in [0.3, 0.4) is 0 Å². The van der Waals surface area contributed by atoms with Crippen LogP contribution in [0.1, 0.15) is 37.6 Å². The number of methoxy groups -OCH3 is 1. The molecule has 0 aromatic heterocycles. The minimum Gasteiger partial charge on any atom is -0.497 e. The van der Waals surface area contributed by atoms with E-state index in [9.17, 15) is 13.2 Å². The predicted octanol–water partition coefficient (Wildman–Crippen LogP) is 4.34. The van der Waals surface area contributed by atoms with Gasteiger partial charge in [-0.25, -0.2) is 8.42 Å². The minimum atomic E-state index is -3.87. The Bertz CT molecular complexity index is 967. The first kappa shape index (κ1) is 23.0. The molecule has 2 rings (SSSR count). The molecule has 0 aliphatic heterocycles. The maximum Gasteiger partial charge on any atom is 0.264 e. The maximum atomic E-state index is 13.0. The normalized spacial score (nSPS) is 11.8. The average Bonchev–Trinajstić information content (AvgIpc) is 2.66. The Hall–Kier alpha value is -2.25. The lowest BCUT2D eigenvalue weighted by atomic mass is 9.92. The van der Waals surface area contributed by atoms with Crippen molar-refractivity contribution in [2.45, 2.75) is 32.1 Å². The van der Waals surface area contributed by atoms with Crippen LogP contribution in [0.4, 0.5) is 5.69 Å². The largest absolute Gasteiger partial charge is 0.497 e. The molecule has 0 aliphatic rings. The third-order valence-corrected chi connectivity index (χ3v) is 6.55. The number of nitrogens with one attached hydrogen (secondary N) is 1. The predicted molar refractivity (Wildman–Crippen MR) is 116 cm³/mol. The van der Waals surface area contributed by atoms with Gasteiger partial charge in [0.25, 0.3) is 15.9 Å². The molecular weight excluding hydrogens is 412 g/mol. The smallest absolute Gasteiger partial charge is 0.264 e. The van der Waals surface area contributed by atoms with E-state index in [2.05, 4.69) is 26.1 Å². The van der Waals surface area contributed by atoms with E-state index in [-0.39, 0.29) is 20.9 Å². The zero-order chi connectivity index (χ0) is 21.8. The third-order valence-electron chi connectivity index (χ3n) is 4.44. The highest BCUT2D eigenvalue weighted by Crippen LogP contribution is 2.27. The fraction of sp³-hybridized carbons (Fsp3) is 0.381. The third kappa shape index (κ3) is 5.87. The van der Waals surface area contributed by atoms with Gasteiger partial charge in [0.1, 0.15) is 5.75 Å². The van der Waals surface area contributed by atoms with Crippen molar-refractivity contribution < 1.29 is 17.9 Å². The number of hydrogen-bond donors (Lipinski definition) is 1. The van der Waals surface area contributed by atoms with Gasteiger partial charge >= 0.3 is 0 Å². The highest BCUT2D eigenvalue weighted by Gasteiger charge is 2.24. The van der Waals surface area contributed by atoms with Crippen LogP contribution >= 0.6 is 11.6 Å². The van der Waals surface area contributed by atoms with Crippen LogP contribution in [-0.2, 0) is 10.0 Å². The first-order chi connectivity index (χ1) is 13.5. The lowest BCUT2D eigenvalue weighted by Crippen LogP contribution is -2.29. The molecular formula is C21H27ClN2O4S. The molecule has 0 atom stereocenters. The Morgan fingerprint density at radius 3 is 2.31 bits per heavy atom. The molecule has 0 heterocycles. The standard InChI is InChI=1S/C21H27ClN2O4S/c1-21(2,3)12-13-23-20(25)18-14-17(10-11-19(18)22)29(26,27)24(4)15-6-8-16(28-5)9-7-15/h6-11,14H,12-13H2,1-5H3,(H,23,25). The summed E-state index contributed by atoms with van der Waals surface area (Å²) in [7, 11) is -0.882. The maximum absolute atomic E-state index is 13.0. The van der Waals surface area contributed by atoms with E-state index >= 15 is 0 Å². The van der Waals surface area contributed by atoms with E-state index in [1.165, 1.54) is 32.4 Å². The summed E-state index contributed by atoms with van der Waals surface area (Å²) < 4.78 is 32.3. The van der Waals surface area contributed by atoms with Crippen molar-refractivity contribution in [3.05, 3.63) is 53.1 Å². The summed E-state index contributed by atoms with van der Waals surface area (Å²) in [6.45, 7) is 6.71. The molecule has 0 fully saturated rings. The molecule has 1 amide bonds. The molecule has 0 saturated carbocycles. The highest BCUT2D eigenvalue weighted by atomic mass is 35.5. The van der Waals surface area contributed by atoms with Crippen molar-refractivity contribution in [2.75, 3.05) is 25.0 Å². The van der Waals surface area contributed by atoms with Crippen LogP contribution in [0.25, 0.3) is 0 Å². The van der Waals surface area contributed by atoms with E-state index in [0.29, 0.717) is 18.0 Å². The lowest BCUT2D eigenvalue weighted by molar-refractivity contribution is 0.0949. The van der Waals surface area contributed by atoms with Gasteiger partial charge in [-0.05, 0) is 54.3 Å². The zero-order valence-electron chi connectivity index (χ0n) is 17.3. The topological polar surface area (TPSA) is 75.7 Å². The summed E-state index contributed by atoms with van der Waals surface area (Å²) in [4.78, 5) is 12.5. The number of hydrogen-bond acceptors (Lipinski definition) is 4. The first-order valence-corrected chi connectivity index (χ1v) is 11.0. The molecule has 0 aliphatic carbocycles. The Kier molecular flexibility index (Phi) is 7.19. The quantitative estimate of drug-likeness (QED) is 0.697. The second-order valence-corrected chi connectivity index (χ2v) is 10.3. The van der Waals surface area contributed by atoms with Gasteiger partial charge in [0, 0.05) is 13.6 Å². The number of carbonyl (C=O) groups excluding carboxylic acids is 1. The molecule has 29 heavy (non-hydrogen) atoms. The van der Waals surface area contributed by atoms with E-state index in [1.54, 1.807) is 24.3 Å². The first-order valence-electron chi connectivity index (χ1n) is 9.16. The molecule has 2 aromatic rings. The number of nitrogens with zero attached hydrogens (tertiary/aromatic N) is 1. The van der Waals surface area contributed by atoms with Gasteiger partial charge in [0.05, 0.1) is 28.3 Å². The minimum absolute atomic E-state index is 0.0128. The van der Waals surface area contributed by atoms with E-state index < -0.39 is 15.9 Å². The van der Waals surface area contributed by atoms with Crippen molar-refractivity contribution in [1.29, 1.82) is 0 Å². The summed E-state index contributed by atoms with van der Waals surface area (Å²) in [6, 6.07) is 10.8. The summed E-state index contributed by atoms with van der Waals surface area (Å²) >= 11 is 6.16. The van der Waals surface area contributed by atoms with Crippen molar-refractivity contribution in [3.63, 3.8) is 0 Å². The Morgan fingerprint density at radius 1 is 1.14 bits per heavy atom. The fourth-order valence-corrected chi connectivity index (χ4v) is 4.00. The van der Waals surface area contributed by atoms with Crippen LogP contribution in [-0.4, -0.2) is 35.0 Å². The van der Waals surface area contributed by atoms with Crippen LogP contribution in [0, 0.1) is 5.41 Å². The van der Waals surface area contributed by atoms with E-state index in [4.69, 9.17) is 16.3 Å². The van der Waals surface area contributed by atoms with Crippen molar-refractivity contribution in [2.24, 2.45) is 5.41 Å². The number of sulfonamides is 1. The summed E-state index contributed by atoms with van der Waals surface area (Å²) in [5.41, 5.74) is 0.672. The molecule has 0 radical (unpaired) electrons. The van der Waals surface area contributed by atoms with Gasteiger partial charge < -0.3 is 10.1 Å². The van der Waals surface area contributed by atoms with E-state index in [0.717, 1.165) is 10.7 Å². The summed E-state index contributed by atoms with van der Waals surface area (Å²) in [6.07, 6.45) is 0.786. The van der Waals surface area contributed by atoms with Crippen molar-refractivity contribution in [3.8, 4) is 5.75 Å². The fourth-order valence-electron chi connectivity index (χ4n) is 2.57. The van der Waals surface area contributed by atoms with Gasteiger partial charge in [-0.3, -0.25) is 9.10 Å². The molecule has 2 aromatic carbocycles. The number of anilines is 1. The SMILES string of the molecule is COc1ccc(N(C)S(=O)(=O)c2ccc(Cl)c(C(=O)NCCC(C)(C)C)c2)cc1. The molecule has 6 nitrogen and oxygen atoms in total. The molecule has 158 valence electrons. The number of rotatable bonds is 7. The van der Waals surface area contributed by atoms with Gasteiger partial charge in [-0.15, -0.1) is 0 Å². The number of halogens is 1. The molecule has 1 N–H and O–H groups in total. The van der Waals surface area contributed by atoms with Crippen LogP contribution in [0.15, 0.2) is 47.4 Å². The number of amides is 1. The van der Waals surface area contributed by atoms with Gasteiger partial charge in [0.15, 0.2) is 0 Å². The Morgan fingerprint density at radius 2 is 1.76 bits per heavy atom. The van der Waals surface area contributed by atoms with Crippen molar-refractivity contribution >= 4 is 33.2 Å². The zero-order valence-corrected chi connectivity index (χ0v) is 18.9. The average molecular weight is 439 g/mol. The molecule has 0 bridgehead atoms. The second-order valence-electron chi connectivity index (χ2n) is 7.88. The number of carbonyl (C=O) groups is 1. The van der Waals surface area contributed by atoms with Crippen LogP contribution in [0.5, 0.6) is 5.75 Å². The highest BCUT2D eigenvalue weighted by molar-refractivity contribution is 7.92. The molecule has 8 heteroatoms. The van der Waals surface area contributed by atoms with Gasteiger partial charge in [-0.1, -0.05) is 32.4 Å². The van der Waals surface area contributed by atoms with E-state index in [1.807, 2.05) is 0 Å². The summed E-state index contributed by atoms with van der Waals surface area (Å²) in [5.74, 6) is 0.226. The molecule has 0 saturated heterocycles. The monoisotopic (exact) mass is 438 g/mol. The van der Waals surface area contributed by atoms with Gasteiger partial charge in [0.2, 0.25) is 0 Å². The molecule has 0 unspecified atom stereocenters. The second kappa shape index (κ2) is 9.05. The van der Waals surface area contributed by atoms with Crippen LogP contribution < -0.4 is 14.4 Å². The van der Waals surface area contributed by atoms with Gasteiger partial charge in [-0.2, -0.15) is 0 Å². The summed E-state index contributed by atoms with van der Waals surface area (Å²) in [5, 5.41) is 3.00. The van der Waals surface area contributed by atoms with Crippen molar-refractivity contribution in [1.82, 2.24) is 5.32 Å². The molecule has 0 spiro atoms. The Labute approximate surface area is 177 Å². The Balaban J connectivity index is 2.27. The number of benzene rings is 2. The number of ether oxygens (including phenoxy) is 1.